The van der Waals surface area contributed by atoms with Gasteiger partial charge in [-0.1, -0.05) is 13.8 Å². The molecule has 1 aromatic heterocycles. The summed E-state index contributed by atoms with van der Waals surface area (Å²) in [5.74, 6) is -0.244. The number of aromatic amines is 1. The first-order valence-corrected chi connectivity index (χ1v) is 6.62. The van der Waals surface area contributed by atoms with Gasteiger partial charge in [-0.25, -0.2) is 0 Å². The number of aliphatic hydroxyl groups is 1. The topological polar surface area (TPSA) is 104 Å². The van der Waals surface area contributed by atoms with Crippen LogP contribution in [0.4, 0.5) is 5.69 Å². The zero-order valence-corrected chi connectivity index (χ0v) is 11.5. The molecule has 20 heavy (non-hydrogen) atoms. The molecule has 0 saturated heterocycles. The van der Waals surface area contributed by atoms with Crippen molar-refractivity contribution in [3.05, 3.63) is 23.9 Å². The zero-order valence-electron chi connectivity index (χ0n) is 11.5. The largest absolute Gasteiger partial charge is 0.399 e. The fourth-order valence-corrected chi connectivity index (χ4v) is 2.58. The third kappa shape index (κ3) is 1.84. The third-order valence-corrected chi connectivity index (χ3v) is 4.32. The lowest BCUT2D eigenvalue weighted by Crippen LogP contribution is -2.61. The van der Waals surface area contributed by atoms with Crippen molar-refractivity contribution >= 4 is 22.5 Å². The first-order chi connectivity index (χ1) is 9.39. The van der Waals surface area contributed by atoms with Crippen LogP contribution in [0.1, 0.15) is 30.8 Å². The maximum Gasteiger partial charge on any atom is 0.272 e. The van der Waals surface area contributed by atoms with E-state index in [0.717, 1.165) is 5.52 Å². The second-order valence-electron chi connectivity index (χ2n) is 5.98. The number of nitrogen functional groups attached to an aromatic ring is 1. The molecule has 0 bridgehead atoms. The first kappa shape index (κ1) is 12.9. The molecule has 2 unspecified atom stereocenters. The van der Waals surface area contributed by atoms with E-state index < -0.39 is 0 Å². The van der Waals surface area contributed by atoms with Gasteiger partial charge in [-0.2, -0.15) is 5.10 Å². The normalized spacial score (nSPS) is 24.4. The lowest BCUT2D eigenvalue weighted by atomic mass is 9.64. The highest BCUT2D eigenvalue weighted by molar-refractivity contribution is 6.05. The molecule has 106 valence electrons. The van der Waals surface area contributed by atoms with Crippen LogP contribution in [-0.4, -0.2) is 33.4 Å². The van der Waals surface area contributed by atoms with Crippen LogP contribution >= 0.6 is 0 Å². The van der Waals surface area contributed by atoms with Crippen molar-refractivity contribution in [3.63, 3.8) is 0 Å². The fraction of sp³-hybridized carbons (Fsp3) is 0.429. The summed E-state index contributed by atoms with van der Waals surface area (Å²) < 4.78 is 0. The number of benzene rings is 1. The number of carbonyl (C=O) groups excluding carboxylic acids is 1. The second-order valence-corrected chi connectivity index (χ2v) is 5.98. The Bertz CT molecular complexity index is 677. The SMILES string of the molecule is CC1(C)C(O)CC1NC(=O)c1n[nH]c2ccc(N)cc12. The van der Waals surface area contributed by atoms with Gasteiger partial charge in [0.2, 0.25) is 0 Å². The molecule has 1 heterocycles. The minimum atomic E-state index is -0.376. The summed E-state index contributed by atoms with van der Waals surface area (Å²) in [4.78, 5) is 12.3. The maximum atomic E-state index is 12.3. The number of nitrogens with one attached hydrogen (secondary N) is 2. The van der Waals surface area contributed by atoms with Gasteiger partial charge in [-0.3, -0.25) is 9.89 Å². The number of hydrogen-bond acceptors (Lipinski definition) is 4. The van der Waals surface area contributed by atoms with E-state index in [-0.39, 0.29) is 23.5 Å². The Hall–Kier alpha value is -2.08. The van der Waals surface area contributed by atoms with E-state index in [0.29, 0.717) is 23.2 Å². The van der Waals surface area contributed by atoms with Crippen LogP contribution in [0.2, 0.25) is 0 Å². The monoisotopic (exact) mass is 274 g/mol. The molecule has 1 aromatic carbocycles. The summed E-state index contributed by atoms with van der Waals surface area (Å²) in [6.07, 6.45) is 0.197. The molecule has 0 spiro atoms. The predicted octanol–water partition coefficient (Wildman–Crippen LogP) is 1.03. The number of carbonyl (C=O) groups is 1. The van der Waals surface area contributed by atoms with Gasteiger partial charge in [0, 0.05) is 22.5 Å². The van der Waals surface area contributed by atoms with E-state index in [2.05, 4.69) is 15.5 Å². The summed E-state index contributed by atoms with van der Waals surface area (Å²) in [5.41, 5.74) is 7.14. The fourth-order valence-electron chi connectivity index (χ4n) is 2.58. The number of rotatable bonds is 2. The minimum absolute atomic E-state index is 0.0437. The quantitative estimate of drug-likeness (QED) is 0.614. The molecule has 2 atom stereocenters. The molecular weight excluding hydrogens is 256 g/mol. The summed E-state index contributed by atoms with van der Waals surface area (Å²) >= 11 is 0. The summed E-state index contributed by atoms with van der Waals surface area (Å²) in [7, 11) is 0. The maximum absolute atomic E-state index is 12.3. The molecule has 1 amide bonds. The van der Waals surface area contributed by atoms with Gasteiger partial charge in [-0.15, -0.1) is 0 Å². The van der Waals surface area contributed by atoms with Gasteiger partial charge >= 0.3 is 0 Å². The molecule has 6 nitrogen and oxygen atoms in total. The molecule has 0 aliphatic heterocycles. The van der Waals surface area contributed by atoms with Crippen LogP contribution in [0.15, 0.2) is 18.2 Å². The Morgan fingerprint density at radius 2 is 2.30 bits per heavy atom. The molecule has 1 fully saturated rings. The number of nitrogens with zero attached hydrogens (tertiary/aromatic N) is 1. The Kier molecular flexibility index (Phi) is 2.72. The molecule has 6 heteroatoms. The zero-order chi connectivity index (χ0) is 14.5. The van der Waals surface area contributed by atoms with Gasteiger partial charge in [0.05, 0.1) is 11.6 Å². The highest BCUT2D eigenvalue weighted by Crippen LogP contribution is 2.40. The van der Waals surface area contributed by atoms with Crippen LogP contribution < -0.4 is 11.1 Å². The van der Waals surface area contributed by atoms with Crippen molar-refractivity contribution in [2.75, 3.05) is 5.73 Å². The second kappa shape index (κ2) is 4.21. The molecule has 1 saturated carbocycles. The third-order valence-electron chi connectivity index (χ3n) is 4.32. The molecule has 2 aromatic rings. The Balaban J connectivity index is 1.85. The number of aliphatic hydroxyl groups excluding tert-OH is 1. The number of aromatic nitrogens is 2. The van der Waals surface area contributed by atoms with Crippen LogP contribution in [-0.2, 0) is 0 Å². The molecule has 1 aliphatic carbocycles. The molecule has 3 rings (SSSR count). The van der Waals surface area contributed by atoms with Gasteiger partial charge in [-0.05, 0) is 24.6 Å². The van der Waals surface area contributed by atoms with E-state index in [4.69, 9.17) is 5.73 Å². The minimum Gasteiger partial charge on any atom is -0.399 e. The molecule has 1 aliphatic rings. The van der Waals surface area contributed by atoms with Gasteiger partial charge in [0.25, 0.3) is 5.91 Å². The lowest BCUT2D eigenvalue weighted by Gasteiger charge is -2.49. The van der Waals surface area contributed by atoms with E-state index in [1.165, 1.54) is 0 Å². The highest BCUT2D eigenvalue weighted by atomic mass is 16.3. The summed E-state index contributed by atoms with van der Waals surface area (Å²) in [6.45, 7) is 3.87. The summed E-state index contributed by atoms with van der Waals surface area (Å²) in [5, 5.41) is 20.2. The smallest absolute Gasteiger partial charge is 0.272 e. The average Bonchev–Trinajstić information content (AvgIpc) is 2.81. The number of fused-ring (bicyclic) bond motifs is 1. The van der Waals surface area contributed by atoms with E-state index in [1.54, 1.807) is 18.2 Å². The Morgan fingerprint density at radius 1 is 1.55 bits per heavy atom. The standard InChI is InChI=1S/C14H18N4O2/c1-14(2)10(6-11(14)19)16-13(20)12-8-5-7(15)3-4-9(8)17-18-12/h3-5,10-11,19H,6,15H2,1-2H3,(H,16,20)(H,17,18). The molecule has 5 N–H and O–H groups in total. The van der Waals surface area contributed by atoms with Crippen molar-refractivity contribution in [1.29, 1.82) is 0 Å². The van der Waals surface area contributed by atoms with Gasteiger partial charge in [0.15, 0.2) is 5.69 Å². The summed E-state index contributed by atoms with van der Waals surface area (Å²) in [6, 6.07) is 5.24. The number of hydrogen-bond donors (Lipinski definition) is 4. The van der Waals surface area contributed by atoms with Gasteiger partial charge in [0.1, 0.15) is 0 Å². The van der Waals surface area contributed by atoms with Gasteiger partial charge < -0.3 is 16.2 Å². The van der Waals surface area contributed by atoms with Crippen molar-refractivity contribution < 1.29 is 9.90 Å². The van der Waals surface area contributed by atoms with Crippen molar-refractivity contribution in [1.82, 2.24) is 15.5 Å². The first-order valence-electron chi connectivity index (χ1n) is 6.62. The molecule has 0 radical (unpaired) electrons. The van der Waals surface area contributed by atoms with Crippen molar-refractivity contribution in [2.45, 2.75) is 32.4 Å². The Labute approximate surface area is 116 Å². The number of nitrogens with two attached hydrogens (primary N) is 1. The van der Waals surface area contributed by atoms with E-state index >= 15 is 0 Å². The van der Waals surface area contributed by atoms with Crippen molar-refractivity contribution in [2.24, 2.45) is 5.41 Å². The highest BCUT2D eigenvalue weighted by Gasteiger charge is 2.48. The number of amides is 1. The van der Waals surface area contributed by atoms with Crippen LogP contribution in [0, 0.1) is 5.41 Å². The van der Waals surface area contributed by atoms with Crippen LogP contribution in [0.3, 0.4) is 0 Å². The average molecular weight is 274 g/mol. The number of anilines is 1. The number of H-pyrrole nitrogens is 1. The Morgan fingerprint density at radius 3 is 2.95 bits per heavy atom. The predicted molar refractivity (Wildman–Crippen MR) is 76.2 cm³/mol. The molecular formula is C14H18N4O2. The van der Waals surface area contributed by atoms with E-state index in [1.807, 2.05) is 13.8 Å². The van der Waals surface area contributed by atoms with Crippen molar-refractivity contribution in [3.8, 4) is 0 Å². The lowest BCUT2D eigenvalue weighted by molar-refractivity contribution is -0.0689. The van der Waals surface area contributed by atoms with Crippen LogP contribution in [0.5, 0.6) is 0 Å². The van der Waals surface area contributed by atoms with Crippen LogP contribution in [0.25, 0.3) is 10.9 Å². The van der Waals surface area contributed by atoms with E-state index in [9.17, 15) is 9.90 Å².